The first kappa shape index (κ1) is 23.4. The lowest BCUT2D eigenvalue weighted by Gasteiger charge is -2.39. The highest BCUT2D eigenvalue weighted by atomic mass is 16.4. The monoisotopic (exact) mass is 404 g/mol. The molecule has 0 radical (unpaired) electrons. The van der Waals surface area contributed by atoms with Crippen LogP contribution in [0.4, 0.5) is 0 Å². The fourth-order valence-corrected chi connectivity index (χ4v) is 4.95. The summed E-state index contributed by atoms with van der Waals surface area (Å²) in [5.41, 5.74) is 12.2. The number of hydrogen-bond donors (Lipinski definition) is 4. The summed E-state index contributed by atoms with van der Waals surface area (Å²) in [6, 6.07) is 6.00. The summed E-state index contributed by atoms with van der Waals surface area (Å²) in [6.07, 6.45) is 11.9. The average Bonchev–Trinajstić information content (AvgIpc) is 2.72. The predicted octanol–water partition coefficient (Wildman–Crippen LogP) is 4.13. The van der Waals surface area contributed by atoms with Crippen LogP contribution in [-0.2, 0) is 0 Å². The van der Waals surface area contributed by atoms with Gasteiger partial charge in [-0.3, -0.25) is 0 Å². The van der Waals surface area contributed by atoms with Crippen LogP contribution in [0, 0.1) is 17.8 Å². The molecule has 0 atom stereocenters. The Labute approximate surface area is 173 Å². The molecule has 6 nitrogen and oxygen atoms in total. The van der Waals surface area contributed by atoms with Crippen LogP contribution in [0.15, 0.2) is 24.3 Å². The quantitative estimate of drug-likeness (QED) is 0.584. The van der Waals surface area contributed by atoms with Crippen LogP contribution in [0.25, 0.3) is 0 Å². The summed E-state index contributed by atoms with van der Waals surface area (Å²) >= 11 is 0. The summed E-state index contributed by atoms with van der Waals surface area (Å²) in [7, 11) is 0. The number of aromatic carboxylic acids is 2. The Morgan fingerprint density at radius 3 is 1.34 bits per heavy atom. The van der Waals surface area contributed by atoms with Crippen molar-refractivity contribution >= 4 is 11.9 Å². The zero-order valence-electron chi connectivity index (χ0n) is 17.4. The minimum atomic E-state index is -1.06. The van der Waals surface area contributed by atoms with Crippen molar-refractivity contribution < 1.29 is 19.8 Å². The second-order valence-electron chi connectivity index (χ2n) is 8.61. The Balaban J connectivity index is 0.000000221. The van der Waals surface area contributed by atoms with Gasteiger partial charge in [0, 0.05) is 12.1 Å². The van der Waals surface area contributed by atoms with Crippen molar-refractivity contribution in [1.29, 1.82) is 0 Å². The van der Waals surface area contributed by atoms with Crippen molar-refractivity contribution in [2.75, 3.05) is 0 Å². The van der Waals surface area contributed by atoms with Crippen LogP contribution < -0.4 is 11.5 Å². The molecule has 0 heterocycles. The number of carboxylic acids is 2. The molecule has 6 heteroatoms. The first-order valence-electron chi connectivity index (χ1n) is 10.9. The Hall–Kier alpha value is -1.92. The smallest absolute Gasteiger partial charge is 0.335 e. The zero-order valence-corrected chi connectivity index (χ0v) is 17.4. The first-order chi connectivity index (χ1) is 13.8. The van der Waals surface area contributed by atoms with Crippen LogP contribution in [0.1, 0.15) is 85.4 Å². The maximum Gasteiger partial charge on any atom is 0.335 e. The number of nitrogens with two attached hydrogens (primary N) is 2. The third kappa shape index (κ3) is 7.12. The highest BCUT2D eigenvalue weighted by Crippen LogP contribution is 2.41. The fraction of sp³-hybridized carbons (Fsp3) is 0.652. The summed E-state index contributed by atoms with van der Waals surface area (Å²) in [6.45, 7) is 2.38. The molecule has 2 aliphatic rings. The Bertz CT molecular complexity index is 590. The molecule has 3 rings (SSSR count). The number of benzene rings is 1. The van der Waals surface area contributed by atoms with Crippen LogP contribution >= 0.6 is 0 Å². The molecule has 0 bridgehead atoms. The van der Waals surface area contributed by atoms with Gasteiger partial charge in [0.25, 0.3) is 0 Å². The lowest BCUT2D eigenvalue weighted by molar-refractivity contribution is 0.0681. The largest absolute Gasteiger partial charge is 0.478 e. The van der Waals surface area contributed by atoms with Crippen molar-refractivity contribution in [3.05, 3.63) is 35.4 Å². The Morgan fingerprint density at radius 2 is 1.10 bits per heavy atom. The maximum absolute atomic E-state index is 10.3. The highest BCUT2D eigenvalue weighted by Gasteiger charge is 2.32. The summed E-state index contributed by atoms with van der Waals surface area (Å²) in [5.74, 6) is 0.743. The van der Waals surface area contributed by atoms with Crippen molar-refractivity contribution in [1.82, 2.24) is 0 Å². The van der Waals surface area contributed by atoms with Gasteiger partial charge in [-0.1, -0.05) is 13.3 Å². The molecule has 1 aromatic rings. The van der Waals surface area contributed by atoms with E-state index in [9.17, 15) is 9.59 Å². The molecular weight excluding hydrogens is 368 g/mol. The summed E-state index contributed by atoms with van der Waals surface area (Å²) < 4.78 is 0. The molecule has 2 aliphatic carbocycles. The van der Waals surface area contributed by atoms with Gasteiger partial charge in [-0.15, -0.1) is 0 Å². The molecule has 0 unspecified atom stereocenters. The summed E-state index contributed by atoms with van der Waals surface area (Å²) in [4.78, 5) is 20.7. The molecule has 29 heavy (non-hydrogen) atoms. The SMILES string of the molecule is CCC(C1CCC(N)CC1)C1CCC(N)CC1.O=C(O)c1ccc(C(=O)O)cc1. The van der Waals surface area contributed by atoms with Crippen LogP contribution in [-0.4, -0.2) is 34.2 Å². The maximum atomic E-state index is 10.3. The van der Waals surface area contributed by atoms with Gasteiger partial charge in [0.1, 0.15) is 0 Å². The third-order valence-corrected chi connectivity index (χ3v) is 6.69. The lowest BCUT2D eigenvalue weighted by atomic mass is 9.67. The van der Waals surface area contributed by atoms with E-state index in [1.165, 1.54) is 82.1 Å². The van der Waals surface area contributed by atoms with E-state index in [1.54, 1.807) is 0 Å². The van der Waals surface area contributed by atoms with E-state index in [2.05, 4.69) is 6.92 Å². The molecular formula is C23H36N2O4. The van der Waals surface area contributed by atoms with E-state index in [-0.39, 0.29) is 11.1 Å². The van der Waals surface area contributed by atoms with Gasteiger partial charge in [0.2, 0.25) is 0 Å². The first-order valence-corrected chi connectivity index (χ1v) is 10.9. The van der Waals surface area contributed by atoms with Gasteiger partial charge in [0.15, 0.2) is 0 Å². The molecule has 0 saturated heterocycles. The third-order valence-electron chi connectivity index (χ3n) is 6.69. The number of carbonyl (C=O) groups is 2. The lowest BCUT2D eigenvalue weighted by Crippen LogP contribution is -2.35. The Kier molecular flexibility index (Phi) is 9.11. The molecule has 6 N–H and O–H groups in total. The number of carboxylic acid groups (broad SMARTS) is 2. The molecule has 162 valence electrons. The van der Waals surface area contributed by atoms with Gasteiger partial charge >= 0.3 is 11.9 Å². The standard InChI is InChI=1S/C15H30N2.C8H6O4/c1-2-15(11-3-7-13(16)8-4-11)12-5-9-14(17)10-6-12;9-7(10)5-1-2-6(4-3-5)8(11)12/h11-15H,2-10,16-17H2,1H3;1-4H,(H,9,10)(H,11,12). The molecule has 0 amide bonds. The van der Waals surface area contributed by atoms with Gasteiger partial charge in [0.05, 0.1) is 11.1 Å². The predicted molar refractivity (Wildman–Crippen MR) is 114 cm³/mol. The van der Waals surface area contributed by atoms with Gasteiger partial charge in [-0.25, -0.2) is 9.59 Å². The molecule has 0 aromatic heterocycles. The van der Waals surface area contributed by atoms with E-state index in [1.807, 2.05) is 0 Å². The van der Waals surface area contributed by atoms with E-state index in [4.69, 9.17) is 21.7 Å². The van der Waals surface area contributed by atoms with Crippen molar-refractivity contribution in [3.63, 3.8) is 0 Å². The molecule has 2 fully saturated rings. The minimum absolute atomic E-state index is 0.0833. The zero-order chi connectivity index (χ0) is 21.4. The summed E-state index contributed by atoms with van der Waals surface area (Å²) in [5, 5.41) is 16.9. The normalized spacial score (nSPS) is 28.0. The van der Waals surface area contributed by atoms with Crippen LogP contribution in [0.3, 0.4) is 0 Å². The number of rotatable bonds is 5. The molecule has 0 spiro atoms. The van der Waals surface area contributed by atoms with Crippen molar-refractivity contribution in [3.8, 4) is 0 Å². The molecule has 0 aliphatic heterocycles. The average molecular weight is 405 g/mol. The van der Waals surface area contributed by atoms with Crippen LogP contribution in [0.5, 0.6) is 0 Å². The fourth-order valence-electron chi connectivity index (χ4n) is 4.95. The van der Waals surface area contributed by atoms with Crippen molar-refractivity contribution in [2.45, 2.75) is 76.8 Å². The Morgan fingerprint density at radius 1 is 0.793 bits per heavy atom. The molecule has 1 aromatic carbocycles. The minimum Gasteiger partial charge on any atom is -0.478 e. The van der Waals surface area contributed by atoms with Gasteiger partial charge in [-0.2, -0.15) is 0 Å². The highest BCUT2D eigenvalue weighted by molar-refractivity contribution is 5.91. The van der Waals surface area contributed by atoms with Crippen LogP contribution in [0.2, 0.25) is 0 Å². The second kappa shape index (κ2) is 11.3. The van der Waals surface area contributed by atoms with E-state index in [0.29, 0.717) is 12.1 Å². The molecule has 2 saturated carbocycles. The second-order valence-corrected chi connectivity index (χ2v) is 8.61. The van der Waals surface area contributed by atoms with E-state index in [0.717, 1.165) is 17.8 Å². The van der Waals surface area contributed by atoms with Gasteiger partial charge < -0.3 is 21.7 Å². The van der Waals surface area contributed by atoms with E-state index >= 15 is 0 Å². The topological polar surface area (TPSA) is 127 Å². The number of hydrogen-bond acceptors (Lipinski definition) is 4. The van der Waals surface area contributed by atoms with Crippen molar-refractivity contribution in [2.24, 2.45) is 29.2 Å². The van der Waals surface area contributed by atoms with Gasteiger partial charge in [-0.05, 0) is 93.4 Å². The van der Waals surface area contributed by atoms with E-state index < -0.39 is 11.9 Å².